The van der Waals surface area contributed by atoms with E-state index in [2.05, 4.69) is 44.3 Å². The number of aryl methyl sites for hydroxylation is 3. The van der Waals surface area contributed by atoms with Gasteiger partial charge in [0.2, 0.25) is 0 Å². The molecule has 0 fully saturated rings. The number of hydrogen-bond acceptors (Lipinski definition) is 0. The van der Waals surface area contributed by atoms with Gasteiger partial charge in [0, 0.05) is 9.52 Å². The second-order valence-corrected chi connectivity index (χ2v) is 8.24. The monoisotopic (exact) mass is 391 g/mol. The number of rotatable bonds is 0. The molecule has 2 aromatic carbocycles. The third-order valence-electron chi connectivity index (χ3n) is 3.31. The molecular weight excluding hydrogens is 354 g/mol. The van der Waals surface area contributed by atoms with Gasteiger partial charge in [-0.15, -0.1) is 40.1 Å². The number of fused-ring (bicyclic) bond motifs is 2. The van der Waals surface area contributed by atoms with Gasteiger partial charge in [-0.25, -0.2) is 0 Å². The molecule has 3 heteroatoms. The van der Waals surface area contributed by atoms with Crippen LogP contribution in [-0.2, 0) is 34.6 Å². The van der Waals surface area contributed by atoms with Crippen LogP contribution in [0.5, 0.6) is 0 Å². The zero-order chi connectivity index (χ0) is 16.8. The van der Waals surface area contributed by atoms with Gasteiger partial charge in [-0.1, -0.05) is 51.9 Å². The van der Waals surface area contributed by atoms with E-state index < -0.39 is 0 Å². The van der Waals surface area contributed by atoms with Crippen LogP contribution in [0.15, 0.2) is 24.3 Å². The minimum atomic E-state index is -0.250. The largest absolute Gasteiger partial charge is 4.00 e. The van der Waals surface area contributed by atoms with Crippen LogP contribution in [0.4, 0.5) is 0 Å². The maximum Gasteiger partial charge on any atom is 4.00 e. The van der Waals surface area contributed by atoms with Gasteiger partial charge >= 0.3 is 21.7 Å². The number of nitrogens with one attached hydrogen (secondary N) is 1. The van der Waals surface area contributed by atoms with Crippen molar-refractivity contribution in [1.82, 2.24) is 0 Å². The summed E-state index contributed by atoms with van der Waals surface area (Å²) in [6.07, 6.45) is 5.32. The Balaban J connectivity index is -0.000000384. The SMILES string of the molecule is CC(C)(C)[NH-].C[Si]C.Cc1cc2cc3c(cc2[cH-]1)CCCC3.[CH3-].[CH3-].[Ti+4]. The maximum absolute atomic E-state index is 6.94. The van der Waals surface area contributed by atoms with E-state index >= 15 is 0 Å². The van der Waals surface area contributed by atoms with Crippen molar-refractivity contribution < 1.29 is 21.7 Å². The van der Waals surface area contributed by atoms with E-state index in [1.807, 2.05) is 20.8 Å². The summed E-state index contributed by atoms with van der Waals surface area (Å²) < 4.78 is 0. The fraction of sp³-hybridized carbons (Fsp3) is 0.500. The van der Waals surface area contributed by atoms with Gasteiger partial charge in [-0.3, -0.25) is 0 Å². The molecule has 0 bridgehead atoms. The molecule has 2 radical (unpaired) electrons. The number of benzene rings is 1. The van der Waals surface area contributed by atoms with Gasteiger partial charge in [0.25, 0.3) is 0 Å². The third kappa shape index (κ3) is 11.9. The van der Waals surface area contributed by atoms with Crippen molar-refractivity contribution in [3.63, 3.8) is 0 Å². The molecule has 0 unspecified atom stereocenters. The van der Waals surface area contributed by atoms with E-state index in [-0.39, 0.29) is 42.1 Å². The van der Waals surface area contributed by atoms with Crippen LogP contribution >= 0.6 is 0 Å². The first-order valence-corrected chi connectivity index (χ1v) is 10.3. The molecule has 0 spiro atoms. The van der Waals surface area contributed by atoms with Crippen LogP contribution < -0.4 is 0 Å². The molecule has 25 heavy (non-hydrogen) atoms. The molecule has 1 aliphatic rings. The second-order valence-electron chi connectivity index (χ2n) is 7.24. The Kier molecular flexibility index (Phi) is 16.3. The Labute approximate surface area is 175 Å². The molecule has 0 amide bonds. The van der Waals surface area contributed by atoms with E-state index in [0.29, 0.717) is 0 Å². The molecule has 0 atom stereocenters. The fourth-order valence-electron chi connectivity index (χ4n) is 2.61. The Morgan fingerprint density at radius 1 is 0.960 bits per heavy atom. The molecule has 1 aliphatic carbocycles. The Bertz CT molecular complexity index is 532. The van der Waals surface area contributed by atoms with Crippen LogP contribution in [0, 0.1) is 21.8 Å². The molecule has 3 rings (SSSR count). The van der Waals surface area contributed by atoms with Crippen LogP contribution in [0.3, 0.4) is 0 Å². The second kappa shape index (κ2) is 13.9. The molecule has 0 saturated carbocycles. The molecular formula is C22H37NSiTi. The predicted octanol–water partition coefficient (Wildman–Crippen LogP) is 7.27. The van der Waals surface area contributed by atoms with Crippen LogP contribution in [0.25, 0.3) is 16.5 Å². The number of hydrogen-bond donors (Lipinski definition) is 0. The van der Waals surface area contributed by atoms with Gasteiger partial charge < -0.3 is 20.6 Å². The minimum Gasteiger partial charge on any atom is -0.673 e. The Hall–Kier alpha value is -0.279. The maximum atomic E-state index is 6.94. The third-order valence-corrected chi connectivity index (χ3v) is 3.31. The molecule has 2 aromatic rings. The molecule has 0 aromatic heterocycles. The smallest absolute Gasteiger partial charge is 0.673 e. The summed E-state index contributed by atoms with van der Waals surface area (Å²) in [6, 6.07) is 9.39. The predicted molar refractivity (Wildman–Crippen MR) is 115 cm³/mol. The van der Waals surface area contributed by atoms with Gasteiger partial charge in [0.15, 0.2) is 0 Å². The minimum absolute atomic E-state index is 0. The zero-order valence-corrected chi connectivity index (χ0v) is 20.2. The van der Waals surface area contributed by atoms with Crippen LogP contribution in [-0.4, -0.2) is 15.1 Å². The summed E-state index contributed by atoms with van der Waals surface area (Å²) in [7, 11) is 1.08. The summed E-state index contributed by atoms with van der Waals surface area (Å²) in [5.74, 6) is 0. The van der Waals surface area contributed by atoms with Crippen molar-refractivity contribution >= 4 is 20.3 Å². The average molecular weight is 391 g/mol. The van der Waals surface area contributed by atoms with Crippen molar-refractivity contribution in [1.29, 1.82) is 0 Å². The van der Waals surface area contributed by atoms with Gasteiger partial charge in [-0.05, 0) is 25.7 Å². The summed E-state index contributed by atoms with van der Waals surface area (Å²) in [5, 5.41) is 2.87. The normalized spacial score (nSPS) is 12.0. The van der Waals surface area contributed by atoms with Crippen molar-refractivity contribution in [3.05, 3.63) is 61.5 Å². The van der Waals surface area contributed by atoms with Crippen LogP contribution in [0.1, 0.15) is 50.3 Å². The summed E-state index contributed by atoms with van der Waals surface area (Å²) in [4.78, 5) is 0. The molecule has 0 aliphatic heterocycles. The topological polar surface area (TPSA) is 23.8 Å². The van der Waals surface area contributed by atoms with Crippen molar-refractivity contribution in [2.24, 2.45) is 0 Å². The Morgan fingerprint density at radius 2 is 1.36 bits per heavy atom. The Morgan fingerprint density at radius 3 is 1.80 bits per heavy atom. The summed E-state index contributed by atoms with van der Waals surface area (Å²) in [6.45, 7) is 12.0. The molecule has 0 saturated heterocycles. The first-order valence-electron chi connectivity index (χ1n) is 8.27. The van der Waals surface area contributed by atoms with Gasteiger partial charge in [-0.2, -0.15) is 6.07 Å². The van der Waals surface area contributed by atoms with E-state index in [1.165, 1.54) is 42.0 Å². The molecule has 138 valence electrons. The van der Waals surface area contributed by atoms with Gasteiger partial charge in [0.05, 0.1) is 0 Å². The fourth-order valence-corrected chi connectivity index (χ4v) is 2.61. The molecule has 0 heterocycles. The van der Waals surface area contributed by atoms with E-state index in [9.17, 15) is 0 Å². The van der Waals surface area contributed by atoms with E-state index in [1.54, 1.807) is 11.1 Å². The van der Waals surface area contributed by atoms with E-state index in [4.69, 9.17) is 5.73 Å². The summed E-state index contributed by atoms with van der Waals surface area (Å²) in [5.41, 5.74) is 11.3. The quantitative estimate of drug-likeness (QED) is 0.333. The first kappa shape index (κ1) is 29.5. The standard InChI is InChI=1S/C14H15.C4H10N.C2H6Si.2CH3.Ti/c1-10-6-13-8-11-4-2-3-5-12(11)9-14(13)7-10;1-4(2,3)5;1-3-2;;;/h6-9H,2-5H2,1H3;5H,1-3H3;1-2H3;2*1H3;/q2*-1;;2*-1;+4. The van der Waals surface area contributed by atoms with Crippen molar-refractivity contribution in [3.8, 4) is 0 Å². The van der Waals surface area contributed by atoms with E-state index in [0.717, 1.165) is 9.52 Å². The van der Waals surface area contributed by atoms with Crippen molar-refractivity contribution in [2.45, 2.75) is 72.0 Å². The zero-order valence-electron chi connectivity index (χ0n) is 17.6. The molecule has 1 nitrogen and oxygen atoms in total. The van der Waals surface area contributed by atoms with Crippen molar-refractivity contribution in [2.75, 3.05) is 0 Å². The van der Waals surface area contributed by atoms with Gasteiger partial charge in [0.1, 0.15) is 0 Å². The summed E-state index contributed by atoms with van der Waals surface area (Å²) >= 11 is 0. The average Bonchev–Trinajstić information content (AvgIpc) is 2.73. The molecule has 1 N–H and O–H groups in total. The first-order chi connectivity index (χ1) is 10.2. The van der Waals surface area contributed by atoms with Crippen LogP contribution in [0.2, 0.25) is 13.1 Å².